The number of ether oxygens (including phenoxy) is 1. The van der Waals surface area contributed by atoms with E-state index in [1.165, 1.54) is 11.8 Å². The molecule has 1 aliphatic carbocycles. The van der Waals surface area contributed by atoms with Crippen molar-refractivity contribution in [2.75, 3.05) is 0 Å². The number of benzene rings is 1. The maximum atomic E-state index is 12.1. The number of nitrogens with one attached hydrogen (secondary N) is 1. The van der Waals surface area contributed by atoms with E-state index in [0.717, 1.165) is 42.5 Å². The highest BCUT2D eigenvalue weighted by Gasteiger charge is 2.15. The van der Waals surface area contributed by atoms with E-state index in [1.807, 2.05) is 26.0 Å². The Morgan fingerprint density at radius 2 is 1.96 bits per heavy atom. The average Bonchev–Trinajstić information content (AvgIpc) is 2.60. The largest absolute Gasteiger partial charge is 0.459 e. The van der Waals surface area contributed by atoms with Crippen molar-refractivity contribution in [1.29, 1.82) is 0 Å². The van der Waals surface area contributed by atoms with Crippen LogP contribution in [0.2, 0.25) is 0 Å². The lowest BCUT2D eigenvalue weighted by Crippen LogP contribution is -2.21. The molecule has 0 spiro atoms. The Bertz CT molecular complexity index is 812. The molecular weight excluding hydrogens is 336 g/mol. The molecule has 1 heterocycles. The molecule has 0 saturated carbocycles. The number of nitrogens with zero attached hydrogens (tertiary/aromatic N) is 1. The highest BCUT2D eigenvalue weighted by atomic mass is 32.2. The van der Waals surface area contributed by atoms with Gasteiger partial charge in [-0.05, 0) is 57.2 Å². The lowest BCUT2D eigenvalue weighted by Gasteiger charge is -2.14. The number of aromatic nitrogens is 2. The standard InChI is InChI=1S/C19H22N2O3S/c1-12(2)24-18(23)14-9-7-13(8-10-14)11-25-19-20-16-6-4-3-5-15(16)17(22)21-19/h7-10,12H,3-6,11H2,1-2H3,(H,20,21,22). The lowest BCUT2D eigenvalue weighted by atomic mass is 9.97. The van der Waals surface area contributed by atoms with Crippen molar-refractivity contribution in [2.45, 2.75) is 56.5 Å². The van der Waals surface area contributed by atoms with Gasteiger partial charge in [0.05, 0.1) is 17.4 Å². The number of hydrogen-bond acceptors (Lipinski definition) is 5. The SMILES string of the molecule is CC(C)OC(=O)c1ccc(CSc2nc3c(c(=O)[nH]2)CCCC3)cc1. The number of carbonyl (C=O) groups is 1. The lowest BCUT2D eigenvalue weighted by molar-refractivity contribution is 0.0378. The van der Waals surface area contributed by atoms with Gasteiger partial charge in [-0.15, -0.1) is 0 Å². The number of thioether (sulfide) groups is 1. The van der Waals surface area contributed by atoms with Gasteiger partial charge in [-0.3, -0.25) is 4.79 Å². The summed E-state index contributed by atoms with van der Waals surface area (Å²) in [6.45, 7) is 3.66. The Labute approximate surface area is 151 Å². The maximum absolute atomic E-state index is 12.1. The molecule has 0 atom stereocenters. The highest BCUT2D eigenvalue weighted by molar-refractivity contribution is 7.98. The molecule has 0 saturated heterocycles. The summed E-state index contributed by atoms with van der Waals surface area (Å²) in [5.41, 5.74) is 3.40. The van der Waals surface area contributed by atoms with Crippen molar-refractivity contribution < 1.29 is 9.53 Å². The molecular formula is C19H22N2O3S. The van der Waals surface area contributed by atoms with Gasteiger partial charge in [0.2, 0.25) is 0 Å². The Morgan fingerprint density at radius 1 is 1.24 bits per heavy atom. The number of esters is 1. The zero-order valence-electron chi connectivity index (χ0n) is 14.5. The van der Waals surface area contributed by atoms with E-state index >= 15 is 0 Å². The monoisotopic (exact) mass is 358 g/mol. The van der Waals surface area contributed by atoms with Crippen LogP contribution in [0, 0.1) is 0 Å². The Balaban J connectivity index is 1.65. The third-order valence-corrected chi connectivity index (χ3v) is 5.02. The van der Waals surface area contributed by atoms with Gasteiger partial charge in [0.25, 0.3) is 5.56 Å². The van der Waals surface area contributed by atoms with E-state index in [4.69, 9.17) is 4.74 Å². The summed E-state index contributed by atoms with van der Waals surface area (Å²) in [5, 5.41) is 0.661. The molecule has 25 heavy (non-hydrogen) atoms. The third-order valence-electron chi connectivity index (χ3n) is 4.08. The van der Waals surface area contributed by atoms with Crippen molar-refractivity contribution in [2.24, 2.45) is 0 Å². The smallest absolute Gasteiger partial charge is 0.338 e. The molecule has 5 nitrogen and oxygen atoms in total. The predicted octanol–water partition coefficient (Wildman–Crippen LogP) is 3.51. The number of hydrogen-bond donors (Lipinski definition) is 1. The van der Waals surface area contributed by atoms with E-state index in [-0.39, 0.29) is 17.6 Å². The molecule has 0 aliphatic heterocycles. The van der Waals surface area contributed by atoms with Crippen LogP contribution >= 0.6 is 11.8 Å². The van der Waals surface area contributed by atoms with E-state index < -0.39 is 0 Å². The topological polar surface area (TPSA) is 72.0 Å². The van der Waals surface area contributed by atoms with Gasteiger partial charge in [-0.1, -0.05) is 23.9 Å². The number of H-pyrrole nitrogens is 1. The van der Waals surface area contributed by atoms with Gasteiger partial charge >= 0.3 is 5.97 Å². The van der Waals surface area contributed by atoms with Crippen LogP contribution in [0.25, 0.3) is 0 Å². The van der Waals surface area contributed by atoms with E-state index in [2.05, 4.69) is 9.97 Å². The first kappa shape index (κ1) is 17.7. The molecule has 3 rings (SSSR count). The van der Waals surface area contributed by atoms with Crippen molar-refractivity contribution in [3.8, 4) is 0 Å². The molecule has 1 N–H and O–H groups in total. The van der Waals surface area contributed by atoms with Crippen LogP contribution in [0.15, 0.2) is 34.2 Å². The first-order valence-electron chi connectivity index (χ1n) is 8.57. The van der Waals surface area contributed by atoms with Crippen molar-refractivity contribution in [1.82, 2.24) is 9.97 Å². The fraction of sp³-hybridized carbons (Fsp3) is 0.421. The van der Waals surface area contributed by atoms with Gasteiger partial charge in [0, 0.05) is 11.3 Å². The summed E-state index contributed by atoms with van der Waals surface area (Å²) in [6, 6.07) is 7.34. The number of rotatable bonds is 5. The molecule has 6 heteroatoms. The average molecular weight is 358 g/mol. The van der Waals surface area contributed by atoms with Crippen molar-refractivity contribution in [3.05, 3.63) is 57.0 Å². The molecule has 1 aliphatic rings. The number of carbonyl (C=O) groups excluding carboxylic acids is 1. The quantitative estimate of drug-likeness (QED) is 0.503. The molecule has 0 fully saturated rings. The van der Waals surface area contributed by atoms with Gasteiger partial charge in [0.15, 0.2) is 5.16 Å². The Kier molecular flexibility index (Phi) is 5.58. The summed E-state index contributed by atoms with van der Waals surface area (Å²) in [7, 11) is 0. The van der Waals surface area contributed by atoms with Crippen molar-refractivity contribution >= 4 is 17.7 Å². The molecule has 0 amide bonds. The first-order chi connectivity index (χ1) is 12.0. The number of fused-ring (bicyclic) bond motifs is 1. The normalized spacial score (nSPS) is 13.6. The highest BCUT2D eigenvalue weighted by Crippen LogP contribution is 2.22. The second kappa shape index (κ2) is 7.87. The minimum atomic E-state index is -0.310. The summed E-state index contributed by atoms with van der Waals surface area (Å²) in [6.07, 6.45) is 3.75. The fourth-order valence-corrected chi connectivity index (χ4v) is 3.66. The van der Waals surface area contributed by atoms with Gasteiger partial charge in [-0.2, -0.15) is 0 Å². The van der Waals surface area contributed by atoms with Crippen LogP contribution in [0.1, 0.15) is 53.9 Å². The van der Waals surface area contributed by atoms with Gasteiger partial charge < -0.3 is 9.72 Å². The van der Waals surface area contributed by atoms with E-state index in [0.29, 0.717) is 16.5 Å². The Morgan fingerprint density at radius 3 is 2.68 bits per heavy atom. The van der Waals surface area contributed by atoms with Crippen LogP contribution in [0.5, 0.6) is 0 Å². The number of aromatic amines is 1. The first-order valence-corrected chi connectivity index (χ1v) is 9.56. The van der Waals surface area contributed by atoms with Crippen LogP contribution in [-0.4, -0.2) is 22.0 Å². The predicted molar refractivity (Wildman–Crippen MR) is 98.1 cm³/mol. The summed E-state index contributed by atoms with van der Waals surface area (Å²) >= 11 is 1.50. The van der Waals surface area contributed by atoms with Gasteiger partial charge in [-0.25, -0.2) is 9.78 Å². The van der Waals surface area contributed by atoms with Crippen molar-refractivity contribution in [3.63, 3.8) is 0 Å². The van der Waals surface area contributed by atoms with Crippen LogP contribution in [0.4, 0.5) is 0 Å². The summed E-state index contributed by atoms with van der Waals surface area (Å²) in [4.78, 5) is 31.5. The third kappa shape index (κ3) is 4.51. The summed E-state index contributed by atoms with van der Waals surface area (Å²) < 4.78 is 5.18. The minimum Gasteiger partial charge on any atom is -0.459 e. The maximum Gasteiger partial charge on any atom is 0.338 e. The molecule has 1 aromatic carbocycles. The number of aryl methyl sites for hydroxylation is 1. The molecule has 1 aromatic heterocycles. The van der Waals surface area contributed by atoms with Crippen LogP contribution in [-0.2, 0) is 23.3 Å². The Hall–Kier alpha value is -2.08. The van der Waals surface area contributed by atoms with Crippen LogP contribution < -0.4 is 5.56 Å². The minimum absolute atomic E-state index is 0.000946. The molecule has 0 radical (unpaired) electrons. The zero-order chi connectivity index (χ0) is 17.8. The second-order valence-electron chi connectivity index (χ2n) is 6.44. The zero-order valence-corrected chi connectivity index (χ0v) is 15.3. The van der Waals surface area contributed by atoms with E-state index in [9.17, 15) is 9.59 Å². The molecule has 132 valence electrons. The molecule has 0 unspecified atom stereocenters. The van der Waals surface area contributed by atoms with Gasteiger partial charge in [0.1, 0.15) is 0 Å². The fourth-order valence-electron chi connectivity index (χ4n) is 2.82. The second-order valence-corrected chi connectivity index (χ2v) is 7.41. The van der Waals surface area contributed by atoms with Crippen LogP contribution in [0.3, 0.4) is 0 Å². The summed E-state index contributed by atoms with van der Waals surface area (Å²) in [5.74, 6) is 0.371. The molecule has 2 aromatic rings. The van der Waals surface area contributed by atoms with E-state index in [1.54, 1.807) is 12.1 Å². The molecule has 0 bridgehead atoms.